The number of nitrogens with one attached hydrogen (secondary N) is 1. The van der Waals surface area contributed by atoms with Gasteiger partial charge in [0.15, 0.2) is 0 Å². The Morgan fingerprint density at radius 3 is 2.60 bits per heavy atom. The second kappa shape index (κ2) is 9.56. The van der Waals surface area contributed by atoms with Crippen LogP contribution >= 0.6 is 0 Å². The van der Waals surface area contributed by atoms with Gasteiger partial charge in [0, 0.05) is 18.3 Å². The molecule has 0 heterocycles. The molecule has 0 amide bonds. The van der Waals surface area contributed by atoms with Crippen LogP contribution in [0.2, 0.25) is 0 Å². The zero-order valence-electron chi connectivity index (χ0n) is 10.1. The van der Waals surface area contributed by atoms with E-state index in [2.05, 4.69) is 12.2 Å². The van der Waals surface area contributed by atoms with Crippen molar-refractivity contribution in [1.82, 2.24) is 5.32 Å². The summed E-state index contributed by atoms with van der Waals surface area (Å²) in [5.41, 5.74) is 0.880. The number of esters is 1. The third kappa shape index (κ3) is 9.32. The minimum absolute atomic E-state index is 0.268. The Bertz CT molecular complexity index is 200. The molecule has 0 aromatic rings. The van der Waals surface area contributed by atoms with Crippen LogP contribution in [0.15, 0.2) is 11.8 Å². The van der Waals surface area contributed by atoms with E-state index in [1.165, 1.54) is 25.3 Å². The summed E-state index contributed by atoms with van der Waals surface area (Å²) in [7, 11) is 0. The summed E-state index contributed by atoms with van der Waals surface area (Å²) in [4.78, 5) is 11.1. The van der Waals surface area contributed by atoms with Gasteiger partial charge < -0.3 is 10.1 Å². The minimum Gasteiger partial charge on any atom is -0.463 e. The molecule has 0 aromatic carbocycles. The molecule has 0 aliphatic heterocycles. The van der Waals surface area contributed by atoms with Crippen LogP contribution in [-0.2, 0) is 9.53 Å². The van der Waals surface area contributed by atoms with Gasteiger partial charge in [-0.2, -0.15) is 0 Å². The Morgan fingerprint density at radius 2 is 2.00 bits per heavy atom. The summed E-state index contributed by atoms with van der Waals surface area (Å²) in [6.07, 6.45) is 6.43. The summed E-state index contributed by atoms with van der Waals surface area (Å²) in [6, 6.07) is 0. The largest absolute Gasteiger partial charge is 0.463 e. The molecule has 0 unspecified atom stereocenters. The molecule has 0 rings (SSSR count). The van der Waals surface area contributed by atoms with E-state index in [-0.39, 0.29) is 5.97 Å². The molecule has 0 atom stereocenters. The van der Waals surface area contributed by atoms with E-state index in [0.29, 0.717) is 6.61 Å². The highest BCUT2D eigenvalue weighted by Crippen LogP contribution is 1.98. The van der Waals surface area contributed by atoms with Crippen molar-refractivity contribution in [2.45, 2.75) is 46.5 Å². The fraction of sp³-hybridized carbons (Fsp3) is 0.750. The van der Waals surface area contributed by atoms with Crippen molar-refractivity contribution in [2.24, 2.45) is 0 Å². The first-order valence-electron chi connectivity index (χ1n) is 5.79. The molecule has 0 saturated carbocycles. The molecule has 0 bridgehead atoms. The number of unbranched alkanes of at least 4 members (excludes halogenated alkanes) is 3. The van der Waals surface area contributed by atoms with E-state index in [9.17, 15) is 4.79 Å². The predicted octanol–water partition coefficient (Wildman–Crippen LogP) is 2.62. The van der Waals surface area contributed by atoms with E-state index in [0.717, 1.165) is 18.7 Å². The van der Waals surface area contributed by atoms with Crippen molar-refractivity contribution in [3.8, 4) is 0 Å². The lowest BCUT2D eigenvalue weighted by atomic mass is 10.2. The number of carbonyl (C=O) groups is 1. The molecular weight excluding hydrogens is 190 g/mol. The van der Waals surface area contributed by atoms with Crippen molar-refractivity contribution in [3.63, 3.8) is 0 Å². The van der Waals surface area contributed by atoms with Crippen LogP contribution in [0.25, 0.3) is 0 Å². The van der Waals surface area contributed by atoms with E-state index in [4.69, 9.17) is 4.74 Å². The van der Waals surface area contributed by atoms with Crippen LogP contribution in [-0.4, -0.2) is 19.1 Å². The van der Waals surface area contributed by atoms with Crippen molar-refractivity contribution in [1.29, 1.82) is 0 Å². The molecule has 3 heteroatoms. The monoisotopic (exact) mass is 213 g/mol. The maximum absolute atomic E-state index is 11.1. The quantitative estimate of drug-likeness (QED) is 0.382. The van der Waals surface area contributed by atoms with E-state index in [1.54, 1.807) is 6.92 Å². The lowest BCUT2D eigenvalue weighted by Gasteiger charge is -2.05. The van der Waals surface area contributed by atoms with Gasteiger partial charge in [-0.05, 0) is 20.3 Å². The Balaban J connectivity index is 3.54. The zero-order chi connectivity index (χ0) is 11.5. The topological polar surface area (TPSA) is 38.3 Å². The summed E-state index contributed by atoms with van der Waals surface area (Å²) in [5, 5.41) is 3.19. The van der Waals surface area contributed by atoms with Crippen LogP contribution in [0.3, 0.4) is 0 Å². The molecule has 0 saturated heterocycles. The molecule has 0 aliphatic rings. The summed E-state index contributed by atoms with van der Waals surface area (Å²) < 4.78 is 4.80. The predicted molar refractivity (Wildman–Crippen MR) is 62.5 cm³/mol. The number of rotatable bonds is 8. The third-order valence-corrected chi connectivity index (χ3v) is 2.06. The second-order valence-corrected chi connectivity index (χ2v) is 3.57. The Hall–Kier alpha value is -0.990. The van der Waals surface area contributed by atoms with Crippen LogP contribution in [0.4, 0.5) is 0 Å². The summed E-state index contributed by atoms with van der Waals surface area (Å²) >= 11 is 0. The number of carbonyl (C=O) groups excluding carboxylic acids is 1. The molecule has 0 aliphatic carbocycles. The first-order chi connectivity index (χ1) is 7.20. The molecule has 15 heavy (non-hydrogen) atoms. The van der Waals surface area contributed by atoms with E-state index in [1.807, 2.05) is 6.92 Å². The number of hydrogen-bond acceptors (Lipinski definition) is 3. The molecule has 0 fully saturated rings. The van der Waals surface area contributed by atoms with Gasteiger partial charge in [-0.25, -0.2) is 4.79 Å². The maximum Gasteiger partial charge on any atom is 0.332 e. The highest BCUT2D eigenvalue weighted by atomic mass is 16.5. The van der Waals surface area contributed by atoms with Gasteiger partial charge in [0.25, 0.3) is 0 Å². The molecule has 0 spiro atoms. The summed E-state index contributed by atoms with van der Waals surface area (Å²) in [5.74, 6) is -0.268. The van der Waals surface area contributed by atoms with Crippen LogP contribution < -0.4 is 5.32 Å². The van der Waals surface area contributed by atoms with Gasteiger partial charge in [0.05, 0.1) is 6.61 Å². The van der Waals surface area contributed by atoms with Crippen LogP contribution in [0.5, 0.6) is 0 Å². The van der Waals surface area contributed by atoms with Gasteiger partial charge in [-0.3, -0.25) is 0 Å². The van der Waals surface area contributed by atoms with E-state index >= 15 is 0 Å². The Labute approximate surface area is 92.9 Å². The Kier molecular flexibility index (Phi) is 8.93. The number of allylic oxidation sites excluding steroid dienone is 1. The molecule has 0 aromatic heterocycles. The molecule has 0 radical (unpaired) electrons. The van der Waals surface area contributed by atoms with Gasteiger partial charge in [-0.15, -0.1) is 0 Å². The molecule has 1 N–H and O–H groups in total. The normalized spacial score (nSPS) is 11.3. The average Bonchev–Trinajstić information content (AvgIpc) is 2.17. The SMILES string of the molecule is CCCCCCNC(C)=CC(=O)OCC. The minimum atomic E-state index is -0.268. The second-order valence-electron chi connectivity index (χ2n) is 3.57. The van der Waals surface area contributed by atoms with Crippen molar-refractivity contribution in [3.05, 3.63) is 11.8 Å². The maximum atomic E-state index is 11.1. The van der Waals surface area contributed by atoms with Crippen molar-refractivity contribution >= 4 is 5.97 Å². The fourth-order valence-corrected chi connectivity index (χ4v) is 1.25. The molecule has 3 nitrogen and oxygen atoms in total. The molecule has 88 valence electrons. The lowest BCUT2D eigenvalue weighted by molar-refractivity contribution is -0.137. The van der Waals surface area contributed by atoms with Gasteiger partial charge in [-0.1, -0.05) is 26.2 Å². The lowest BCUT2D eigenvalue weighted by Crippen LogP contribution is -2.14. The van der Waals surface area contributed by atoms with Crippen molar-refractivity contribution in [2.75, 3.05) is 13.2 Å². The highest BCUT2D eigenvalue weighted by molar-refractivity contribution is 5.82. The molecular formula is C12H23NO2. The van der Waals surface area contributed by atoms with Gasteiger partial charge in [0.1, 0.15) is 0 Å². The van der Waals surface area contributed by atoms with Gasteiger partial charge in [0.2, 0.25) is 0 Å². The van der Waals surface area contributed by atoms with Crippen LogP contribution in [0, 0.1) is 0 Å². The first kappa shape index (κ1) is 14.0. The number of ether oxygens (including phenoxy) is 1. The average molecular weight is 213 g/mol. The standard InChI is InChI=1S/C12H23NO2/c1-4-6-7-8-9-13-11(3)10-12(14)15-5-2/h10,13H,4-9H2,1-3H3. The van der Waals surface area contributed by atoms with Crippen molar-refractivity contribution < 1.29 is 9.53 Å². The fourth-order valence-electron chi connectivity index (χ4n) is 1.25. The van der Waals surface area contributed by atoms with E-state index < -0.39 is 0 Å². The highest BCUT2D eigenvalue weighted by Gasteiger charge is 1.96. The smallest absolute Gasteiger partial charge is 0.332 e. The summed E-state index contributed by atoms with van der Waals surface area (Å²) in [6.45, 7) is 7.25. The van der Waals surface area contributed by atoms with Crippen LogP contribution in [0.1, 0.15) is 46.5 Å². The third-order valence-electron chi connectivity index (χ3n) is 2.06. The Morgan fingerprint density at radius 1 is 1.27 bits per heavy atom. The first-order valence-corrected chi connectivity index (χ1v) is 5.79. The van der Waals surface area contributed by atoms with Gasteiger partial charge >= 0.3 is 5.97 Å². The number of hydrogen-bond donors (Lipinski definition) is 1. The zero-order valence-corrected chi connectivity index (χ0v) is 10.1.